The molecule has 2 aliphatic rings. The molecule has 0 bridgehead atoms. The Hall–Kier alpha value is -3.27. The minimum atomic E-state index is -0.967. The summed E-state index contributed by atoms with van der Waals surface area (Å²) in [5.41, 5.74) is 1.83. The Labute approximate surface area is 209 Å². The summed E-state index contributed by atoms with van der Waals surface area (Å²) < 4.78 is 11.8. The topological polar surface area (TPSA) is 91.1 Å². The number of aromatic carboxylic acids is 1. The Morgan fingerprint density at radius 3 is 2.74 bits per heavy atom. The summed E-state index contributed by atoms with van der Waals surface area (Å²) in [6, 6.07) is 16.1. The molecule has 182 valence electrons. The maximum atomic E-state index is 11.4. The van der Waals surface area contributed by atoms with Crippen LogP contribution in [0.25, 0.3) is 11.3 Å². The van der Waals surface area contributed by atoms with E-state index in [4.69, 9.17) is 21.4 Å². The molecule has 5 rings (SSSR count). The third-order valence-corrected chi connectivity index (χ3v) is 6.84. The van der Waals surface area contributed by atoms with Gasteiger partial charge in [0.05, 0.1) is 30.5 Å². The summed E-state index contributed by atoms with van der Waals surface area (Å²) in [7, 11) is 0. The molecule has 2 atom stereocenters. The number of carboxylic acid groups (broad SMARTS) is 1. The normalized spacial score (nSPS) is 20.7. The van der Waals surface area contributed by atoms with Crippen molar-refractivity contribution in [3.8, 4) is 11.3 Å². The summed E-state index contributed by atoms with van der Waals surface area (Å²) in [5, 5.41) is 13.5. The second-order valence-corrected chi connectivity index (χ2v) is 9.10. The van der Waals surface area contributed by atoms with E-state index in [9.17, 15) is 9.90 Å². The fraction of sp³-hybridized carbons (Fsp3) is 0.346. The van der Waals surface area contributed by atoms with Crippen LogP contribution in [0.5, 0.6) is 0 Å². The zero-order valence-electron chi connectivity index (χ0n) is 19.3. The molecule has 4 heterocycles. The predicted molar refractivity (Wildman–Crippen MR) is 135 cm³/mol. The molecule has 2 N–H and O–H groups in total. The van der Waals surface area contributed by atoms with E-state index in [0.29, 0.717) is 10.9 Å². The second-order valence-electron chi connectivity index (χ2n) is 8.72. The van der Waals surface area contributed by atoms with Crippen LogP contribution in [-0.2, 0) is 4.74 Å². The van der Waals surface area contributed by atoms with Crippen molar-refractivity contribution in [2.75, 3.05) is 39.4 Å². The number of furan rings is 1. The van der Waals surface area contributed by atoms with Crippen LogP contribution in [0.15, 0.2) is 65.2 Å². The number of carbonyl (C=O) groups is 1. The number of benzene rings is 1. The fourth-order valence-corrected chi connectivity index (χ4v) is 5.05. The Kier molecular flexibility index (Phi) is 7.08. The molecule has 3 aromatic rings. The molecule has 2 fully saturated rings. The van der Waals surface area contributed by atoms with E-state index in [0.717, 1.165) is 62.8 Å². The number of aromatic nitrogens is 1. The lowest BCUT2D eigenvalue weighted by molar-refractivity contribution is 0.0365. The van der Waals surface area contributed by atoms with Gasteiger partial charge in [0.25, 0.3) is 0 Å². The summed E-state index contributed by atoms with van der Waals surface area (Å²) >= 11 is 5.76. The Morgan fingerprint density at radius 1 is 1.11 bits per heavy atom. The van der Waals surface area contributed by atoms with Gasteiger partial charge in [-0.05, 0) is 55.0 Å². The molecule has 1 aromatic carbocycles. The zero-order valence-corrected chi connectivity index (χ0v) is 20.1. The predicted octanol–water partition coefficient (Wildman–Crippen LogP) is 3.73. The number of ether oxygens (including phenoxy) is 1. The lowest BCUT2D eigenvalue weighted by atomic mass is 10.0. The lowest BCUT2D eigenvalue weighted by Crippen LogP contribution is -2.38. The van der Waals surface area contributed by atoms with Crippen LogP contribution in [0, 0.1) is 0 Å². The second kappa shape index (κ2) is 10.6. The molecule has 2 aromatic heterocycles. The van der Waals surface area contributed by atoms with E-state index in [2.05, 4.69) is 20.1 Å². The van der Waals surface area contributed by atoms with Crippen LogP contribution in [-0.4, -0.2) is 70.4 Å². The number of morpholine rings is 1. The molecule has 0 radical (unpaired) electrons. The Balaban J connectivity index is 1.40. The van der Waals surface area contributed by atoms with Gasteiger partial charge >= 0.3 is 5.97 Å². The molecule has 2 aliphatic heterocycles. The van der Waals surface area contributed by atoms with Crippen LogP contribution in [0.3, 0.4) is 0 Å². The monoisotopic (exact) mass is 492 g/mol. The van der Waals surface area contributed by atoms with Crippen molar-refractivity contribution in [2.24, 2.45) is 0 Å². The smallest absolute Gasteiger partial charge is 0.335 e. The van der Waals surface area contributed by atoms with Gasteiger partial charge in [-0.15, -0.1) is 0 Å². The first-order valence-electron chi connectivity index (χ1n) is 11.8. The van der Waals surface area contributed by atoms with Crippen molar-refractivity contribution in [1.82, 2.24) is 20.1 Å². The zero-order chi connectivity index (χ0) is 24.2. The molecule has 9 heteroatoms. The van der Waals surface area contributed by atoms with Crippen molar-refractivity contribution in [1.29, 1.82) is 0 Å². The maximum absolute atomic E-state index is 11.4. The quantitative estimate of drug-likeness (QED) is 0.456. The Bertz CT molecular complexity index is 1180. The number of nitrogens with zero attached hydrogens (tertiary/aromatic N) is 3. The summed E-state index contributed by atoms with van der Waals surface area (Å²) in [4.78, 5) is 20.6. The van der Waals surface area contributed by atoms with Crippen LogP contribution < -0.4 is 5.32 Å². The summed E-state index contributed by atoms with van der Waals surface area (Å²) in [6.45, 7) is 5.24. The number of pyridine rings is 1. The molecule has 0 saturated carbocycles. The number of hydrogen-bond donors (Lipinski definition) is 2. The van der Waals surface area contributed by atoms with Gasteiger partial charge in [0.1, 0.15) is 17.6 Å². The van der Waals surface area contributed by atoms with E-state index in [1.807, 2.05) is 36.4 Å². The number of hydrogen-bond acceptors (Lipinski definition) is 6. The maximum Gasteiger partial charge on any atom is 0.335 e. The van der Waals surface area contributed by atoms with Crippen molar-refractivity contribution < 1.29 is 19.1 Å². The van der Waals surface area contributed by atoms with Gasteiger partial charge in [-0.2, -0.15) is 0 Å². The van der Waals surface area contributed by atoms with Gasteiger partial charge in [-0.3, -0.25) is 9.88 Å². The van der Waals surface area contributed by atoms with Crippen molar-refractivity contribution in [3.05, 3.63) is 77.8 Å². The lowest BCUT2D eigenvalue weighted by Gasteiger charge is -2.29. The van der Waals surface area contributed by atoms with Crippen LogP contribution in [0.2, 0.25) is 0 Å². The van der Waals surface area contributed by atoms with Gasteiger partial charge in [0, 0.05) is 37.9 Å². The van der Waals surface area contributed by atoms with E-state index in [1.54, 1.807) is 24.4 Å². The van der Waals surface area contributed by atoms with Crippen LogP contribution >= 0.6 is 12.2 Å². The highest BCUT2D eigenvalue weighted by Crippen LogP contribution is 2.40. The van der Waals surface area contributed by atoms with Crippen molar-refractivity contribution >= 4 is 23.3 Å². The van der Waals surface area contributed by atoms with Gasteiger partial charge in [0.15, 0.2) is 5.11 Å². The van der Waals surface area contributed by atoms with Crippen LogP contribution in [0.1, 0.15) is 40.3 Å². The molecule has 0 spiro atoms. The SMILES string of the molecule is O=C(O)c1cccc(-c2ccc([C@H]3[C@@H](c4ccccn4)NC(=S)N3CCCN3CCOCC3)o2)c1. The highest BCUT2D eigenvalue weighted by Gasteiger charge is 2.41. The first kappa shape index (κ1) is 23.5. The van der Waals surface area contributed by atoms with Crippen molar-refractivity contribution in [3.63, 3.8) is 0 Å². The average Bonchev–Trinajstić information content (AvgIpc) is 3.50. The number of carboxylic acids is 1. The molecule has 8 nitrogen and oxygen atoms in total. The number of rotatable bonds is 8. The van der Waals surface area contributed by atoms with Gasteiger partial charge in [-0.1, -0.05) is 18.2 Å². The minimum absolute atomic E-state index is 0.156. The van der Waals surface area contributed by atoms with E-state index in [1.165, 1.54) is 0 Å². The molecule has 0 unspecified atom stereocenters. The van der Waals surface area contributed by atoms with Crippen LogP contribution in [0.4, 0.5) is 0 Å². The fourth-order valence-electron chi connectivity index (χ4n) is 4.72. The molecule has 35 heavy (non-hydrogen) atoms. The Morgan fingerprint density at radius 2 is 1.97 bits per heavy atom. The average molecular weight is 493 g/mol. The van der Waals surface area contributed by atoms with E-state index < -0.39 is 5.97 Å². The number of thiocarbonyl (C=S) groups is 1. The first-order chi connectivity index (χ1) is 17.1. The summed E-state index contributed by atoms with van der Waals surface area (Å²) in [6.07, 6.45) is 2.74. The first-order valence-corrected chi connectivity index (χ1v) is 12.2. The van der Waals surface area contributed by atoms with E-state index in [-0.39, 0.29) is 17.6 Å². The van der Waals surface area contributed by atoms with Gasteiger partial charge in [-0.25, -0.2) is 4.79 Å². The number of nitrogens with one attached hydrogen (secondary N) is 1. The van der Waals surface area contributed by atoms with Gasteiger partial charge < -0.3 is 24.5 Å². The molecular formula is C26H28N4O4S. The summed E-state index contributed by atoms with van der Waals surface area (Å²) in [5.74, 6) is 0.412. The molecular weight excluding hydrogens is 464 g/mol. The molecule has 2 saturated heterocycles. The third-order valence-electron chi connectivity index (χ3n) is 6.49. The molecule has 0 aliphatic carbocycles. The molecule has 0 amide bonds. The standard InChI is InChI=1S/C26H28N4O4S/c31-25(32)19-6-3-5-18(17-19)21-8-9-22(34-21)24-23(20-7-1-2-10-27-20)28-26(35)30(24)12-4-11-29-13-15-33-16-14-29/h1-3,5-10,17,23-24H,4,11-16H2,(H,28,35)(H,31,32)/t23-,24+/m1/s1. The highest BCUT2D eigenvalue weighted by molar-refractivity contribution is 7.80. The largest absolute Gasteiger partial charge is 0.478 e. The minimum Gasteiger partial charge on any atom is -0.478 e. The van der Waals surface area contributed by atoms with E-state index >= 15 is 0 Å². The highest BCUT2D eigenvalue weighted by atomic mass is 32.1. The van der Waals surface area contributed by atoms with Crippen molar-refractivity contribution in [2.45, 2.75) is 18.5 Å². The third kappa shape index (κ3) is 5.22. The van der Waals surface area contributed by atoms with Gasteiger partial charge in [0.2, 0.25) is 0 Å².